The van der Waals surface area contributed by atoms with Crippen LogP contribution in [0, 0.1) is 5.82 Å². The zero-order chi connectivity index (χ0) is 15.0. The molecule has 2 fully saturated rings. The molecule has 2 saturated heterocycles. The highest BCUT2D eigenvalue weighted by molar-refractivity contribution is 7.88. The van der Waals surface area contributed by atoms with E-state index in [0.29, 0.717) is 32.7 Å². The number of nitrogens with zero attached hydrogens (tertiary/aromatic N) is 2. The van der Waals surface area contributed by atoms with Crippen LogP contribution in [0.3, 0.4) is 0 Å². The quantitative estimate of drug-likeness (QED) is 0.823. The molecule has 116 valence electrons. The molecule has 0 radical (unpaired) electrons. The summed E-state index contributed by atoms with van der Waals surface area (Å²) in [7, 11) is -3.16. The number of hydrogen-bond acceptors (Lipinski definition) is 4. The van der Waals surface area contributed by atoms with Crippen LogP contribution in [-0.2, 0) is 21.3 Å². The molecular weight excluding hydrogens is 295 g/mol. The van der Waals surface area contributed by atoms with E-state index in [-0.39, 0.29) is 18.0 Å². The molecule has 1 aromatic carbocycles. The van der Waals surface area contributed by atoms with Crippen molar-refractivity contribution in [2.75, 3.05) is 32.4 Å². The number of rotatable bonds is 3. The second-order valence-corrected chi connectivity index (χ2v) is 7.77. The minimum absolute atomic E-state index is 0.110. The van der Waals surface area contributed by atoms with E-state index in [1.54, 1.807) is 6.07 Å². The largest absolute Gasteiger partial charge is 0.370 e. The molecule has 0 aromatic heterocycles. The molecule has 7 heteroatoms. The lowest BCUT2D eigenvalue weighted by Crippen LogP contribution is -2.60. The van der Waals surface area contributed by atoms with Gasteiger partial charge in [0.05, 0.1) is 18.5 Å². The Kier molecular flexibility index (Phi) is 4.00. The first kappa shape index (κ1) is 14.9. The molecule has 0 spiro atoms. The van der Waals surface area contributed by atoms with E-state index in [2.05, 4.69) is 4.90 Å². The molecule has 0 saturated carbocycles. The summed E-state index contributed by atoms with van der Waals surface area (Å²) >= 11 is 0. The van der Waals surface area contributed by atoms with E-state index < -0.39 is 10.0 Å². The zero-order valence-electron chi connectivity index (χ0n) is 11.9. The van der Waals surface area contributed by atoms with Gasteiger partial charge in [-0.25, -0.2) is 12.8 Å². The first-order chi connectivity index (χ1) is 9.90. The van der Waals surface area contributed by atoms with Crippen molar-refractivity contribution in [2.24, 2.45) is 0 Å². The highest BCUT2D eigenvalue weighted by Crippen LogP contribution is 2.22. The predicted octanol–water partition coefficient (Wildman–Crippen LogP) is 0.670. The molecule has 0 aliphatic carbocycles. The van der Waals surface area contributed by atoms with Crippen LogP contribution in [0.1, 0.15) is 5.56 Å². The second kappa shape index (κ2) is 5.64. The summed E-state index contributed by atoms with van der Waals surface area (Å²) in [6, 6.07) is 6.57. The van der Waals surface area contributed by atoms with Crippen LogP contribution in [0.5, 0.6) is 0 Å². The fourth-order valence-electron chi connectivity index (χ4n) is 3.03. The topological polar surface area (TPSA) is 49.9 Å². The minimum Gasteiger partial charge on any atom is -0.370 e. The first-order valence-electron chi connectivity index (χ1n) is 6.97. The minimum atomic E-state index is -3.16. The maximum absolute atomic E-state index is 13.2. The van der Waals surface area contributed by atoms with Gasteiger partial charge in [0.25, 0.3) is 0 Å². The Bertz CT molecular complexity index is 608. The Balaban J connectivity index is 1.65. The van der Waals surface area contributed by atoms with Gasteiger partial charge in [0, 0.05) is 32.7 Å². The van der Waals surface area contributed by atoms with Crippen molar-refractivity contribution in [3.8, 4) is 0 Å². The Hall–Kier alpha value is -1.02. The third-order valence-electron chi connectivity index (χ3n) is 3.89. The van der Waals surface area contributed by atoms with Crippen LogP contribution in [0.2, 0.25) is 0 Å². The third-order valence-corrected chi connectivity index (χ3v) is 5.12. The molecule has 2 aliphatic rings. The van der Waals surface area contributed by atoms with Gasteiger partial charge in [-0.1, -0.05) is 12.1 Å². The van der Waals surface area contributed by atoms with E-state index in [1.165, 1.54) is 22.7 Å². The van der Waals surface area contributed by atoms with Crippen molar-refractivity contribution in [2.45, 2.75) is 18.8 Å². The number of benzene rings is 1. The van der Waals surface area contributed by atoms with Gasteiger partial charge < -0.3 is 4.74 Å². The predicted molar refractivity (Wildman–Crippen MR) is 76.8 cm³/mol. The van der Waals surface area contributed by atoms with Crippen LogP contribution in [0.4, 0.5) is 4.39 Å². The zero-order valence-corrected chi connectivity index (χ0v) is 12.7. The molecule has 5 nitrogen and oxygen atoms in total. The molecule has 2 heterocycles. The fraction of sp³-hybridized carbons (Fsp3) is 0.571. The van der Waals surface area contributed by atoms with E-state index >= 15 is 0 Å². The smallest absolute Gasteiger partial charge is 0.211 e. The monoisotopic (exact) mass is 314 g/mol. The fourth-order valence-corrected chi connectivity index (χ4v) is 3.91. The van der Waals surface area contributed by atoms with E-state index in [1.807, 2.05) is 6.07 Å². The molecule has 2 atom stereocenters. The molecular formula is C14H19FN2O3S. The average Bonchev–Trinajstić information content (AvgIpc) is 2.36. The summed E-state index contributed by atoms with van der Waals surface area (Å²) in [6.45, 7) is 2.79. The highest BCUT2D eigenvalue weighted by atomic mass is 32.2. The molecule has 1 aromatic rings. The first-order valence-corrected chi connectivity index (χ1v) is 8.82. The van der Waals surface area contributed by atoms with Gasteiger partial charge in [-0.3, -0.25) is 4.90 Å². The second-order valence-electron chi connectivity index (χ2n) is 5.78. The van der Waals surface area contributed by atoms with Crippen LogP contribution < -0.4 is 0 Å². The number of fused-ring (bicyclic) bond motifs is 2. The van der Waals surface area contributed by atoms with Crippen molar-refractivity contribution in [3.63, 3.8) is 0 Å². The van der Waals surface area contributed by atoms with Gasteiger partial charge in [-0.2, -0.15) is 4.31 Å². The van der Waals surface area contributed by atoms with Gasteiger partial charge in [0.2, 0.25) is 10.0 Å². The van der Waals surface area contributed by atoms with E-state index in [0.717, 1.165) is 5.56 Å². The average molecular weight is 314 g/mol. The van der Waals surface area contributed by atoms with Crippen LogP contribution in [0.15, 0.2) is 24.3 Å². The summed E-state index contributed by atoms with van der Waals surface area (Å²) in [5.74, 6) is -0.232. The van der Waals surface area contributed by atoms with Crippen molar-refractivity contribution in [3.05, 3.63) is 35.6 Å². The van der Waals surface area contributed by atoms with Crippen LogP contribution >= 0.6 is 0 Å². The number of sulfonamides is 1. The normalized spacial score (nSPS) is 27.7. The maximum Gasteiger partial charge on any atom is 0.211 e. The van der Waals surface area contributed by atoms with Crippen molar-refractivity contribution in [1.29, 1.82) is 0 Å². The Morgan fingerprint density at radius 3 is 2.48 bits per heavy atom. The molecule has 2 bridgehead atoms. The Morgan fingerprint density at radius 1 is 1.24 bits per heavy atom. The van der Waals surface area contributed by atoms with Gasteiger partial charge in [-0.05, 0) is 17.7 Å². The van der Waals surface area contributed by atoms with Gasteiger partial charge in [-0.15, -0.1) is 0 Å². The van der Waals surface area contributed by atoms with Crippen molar-refractivity contribution < 1.29 is 17.5 Å². The van der Waals surface area contributed by atoms with Gasteiger partial charge in [0.1, 0.15) is 5.82 Å². The van der Waals surface area contributed by atoms with Crippen molar-refractivity contribution >= 4 is 10.0 Å². The lowest BCUT2D eigenvalue weighted by Gasteiger charge is -2.45. The summed E-state index contributed by atoms with van der Waals surface area (Å²) in [5, 5.41) is 0. The summed E-state index contributed by atoms with van der Waals surface area (Å²) in [5.41, 5.74) is 0.926. The SMILES string of the molecule is CS(=O)(=O)N1CC2CN(Cc3cccc(F)c3)CC(C1)O2. The summed E-state index contributed by atoms with van der Waals surface area (Å²) in [4.78, 5) is 2.20. The summed E-state index contributed by atoms with van der Waals surface area (Å²) < 4.78 is 43.8. The molecule has 2 aliphatic heterocycles. The highest BCUT2D eigenvalue weighted by Gasteiger charge is 2.37. The van der Waals surface area contributed by atoms with Crippen molar-refractivity contribution in [1.82, 2.24) is 9.21 Å². The number of halogens is 1. The van der Waals surface area contributed by atoms with Gasteiger partial charge in [0.15, 0.2) is 0 Å². The van der Waals surface area contributed by atoms with Crippen LogP contribution in [0.25, 0.3) is 0 Å². The molecule has 2 unspecified atom stereocenters. The molecule has 0 N–H and O–H groups in total. The Labute approximate surface area is 124 Å². The lowest BCUT2D eigenvalue weighted by atomic mass is 10.1. The maximum atomic E-state index is 13.2. The number of ether oxygens (including phenoxy) is 1. The van der Waals surface area contributed by atoms with Crippen LogP contribution in [-0.4, -0.2) is 62.3 Å². The summed E-state index contributed by atoms with van der Waals surface area (Å²) in [6.07, 6.45) is 1.01. The van der Waals surface area contributed by atoms with E-state index in [9.17, 15) is 12.8 Å². The van der Waals surface area contributed by atoms with E-state index in [4.69, 9.17) is 4.74 Å². The Morgan fingerprint density at radius 2 is 1.90 bits per heavy atom. The van der Waals surface area contributed by atoms with Gasteiger partial charge >= 0.3 is 0 Å². The third kappa shape index (κ3) is 3.60. The molecule has 21 heavy (non-hydrogen) atoms. The molecule has 0 amide bonds. The number of hydrogen-bond donors (Lipinski definition) is 0. The lowest BCUT2D eigenvalue weighted by molar-refractivity contribution is -0.124. The number of morpholine rings is 2. The molecule has 3 rings (SSSR count). The standard InChI is InChI=1S/C14H19FN2O3S/c1-21(18,19)17-9-13-7-16(8-14(10-17)20-13)6-11-3-2-4-12(15)5-11/h2-5,13-14H,6-10H2,1H3.